The number of phenols is 1. The van der Waals surface area contributed by atoms with Gasteiger partial charge in [-0.05, 0) is 18.4 Å². The van der Waals surface area contributed by atoms with Gasteiger partial charge in [0.15, 0.2) is 0 Å². The molecule has 3 rings (SSSR count). The number of nitrogens with one attached hydrogen (secondary N) is 1. The maximum atomic E-state index is 10.5. The molecule has 112 valence electrons. The number of methoxy groups -OCH3 is 1. The fraction of sp³-hybridized carbons (Fsp3) is 0.167. The molecule has 0 radical (unpaired) electrons. The molecule has 1 aromatic heterocycles. The summed E-state index contributed by atoms with van der Waals surface area (Å²) in [4.78, 5) is 4.17. The zero-order valence-corrected chi connectivity index (χ0v) is 12.6. The minimum Gasteiger partial charge on any atom is -0.507 e. The number of hydrogen-bond donors (Lipinski definition) is 2. The maximum absolute atomic E-state index is 10.5. The number of ether oxygens (including phenoxy) is 1. The summed E-state index contributed by atoms with van der Waals surface area (Å²) >= 11 is 0. The van der Waals surface area contributed by atoms with Crippen molar-refractivity contribution in [2.75, 3.05) is 12.4 Å². The van der Waals surface area contributed by atoms with Crippen LogP contribution in [0.15, 0.2) is 54.7 Å². The third-order valence-corrected chi connectivity index (χ3v) is 3.73. The van der Waals surface area contributed by atoms with Crippen molar-refractivity contribution in [1.29, 1.82) is 0 Å². The van der Waals surface area contributed by atoms with Crippen LogP contribution in [0, 0.1) is 0 Å². The lowest BCUT2D eigenvalue weighted by Crippen LogP contribution is -2.07. The summed E-state index contributed by atoms with van der Waals surface area (Å²) in [5.41, 5.74) is 1.73. The first-order valence-corrected chi connectivity index (χ1v) is 7.16. The van der Waals surface area contributed by atoms with E-state index in [-0.39, 0.29) is 6.04 Å². The van der Waals surface area contributed by atoms with E-state index < -0.39 is 0 Å². The SMILES string of the molecule is COc1ccc(NC(C)c2ccc3ccccc3c2O)cn1. The summed E-state index contributed by atoms with van der Waals surface area (Å²) in [6.07, 6.45) is 1.72. The van der Waals surface area contributed by atoms with E-state index in [1.165, 1.54) is 0 Å². The van der Waals surface area contributed by atoms with Gasteiger partial charge in [0.2, 0.25) is 5.88 Å². The molecule has 4 heteroatoms. The Morgan fingerprint density at radius 2 is 1.91 bits per heavy atom. The second-order valence-electron chi connectivity index (χ2n) is 5.18. The molecular weight excluding hydrogens is 276 g/mol. The van der Waals surface area contributed by atoms with E-state index in [0.717, 1.165) is 22.0 Å². The van der Waals surface area contributed by atoms with E-state index in [9.17, 15) is 5.11 Å². The standard InChI is InChI=1S/C18H18N2O2/c1-12(20-14-8-10-17(22-2)19-11-14)15-9-7-13-5-3-4-6-16(13)18(15)21/h3-12,20-21H,1-2H3. The molecule has 0 aliphatic carbocycles. The zero-order valence-electron chi connectivity index (χ0n) is 12.6. The zero-order chi connectivity index (χ0) is 15.5. The van der Waals surface area contributed by atoms with Gasteiger partial charge in [0.05, 0.1) is 25.0 Å². The average molecular weight is 294 g/mol. The van der Waals surface area contributed by atoms with Crippen molar-refractivity contribution in [3.63, 3.8) is 0 Å². The number of phenolic OH excluding ortho intramolecular Hbond substituents is 1. The summed E-state index contributed by atoms with van der Waals surface area (Å²) in [5, 5.41) is 15.7. The van der Waals surface area contributed by atoms with Crippen LogP contribution >= 0.6 is 0 Å². The van der Waals surface area contributed by atoms with E-state index >= 15 is 0 Å². The first-order chi connectivity index (χ1) is 10.7. The Labute approximate surface area is 129 Å². The highest BCUT2D eigenvalue weighted by Gasteiger charge is 2.13. The Morgan fingerprint density at radius 3 is 2.64 bits per heavy atom. The molecular formula is C18H18N2O2. The van der Waals surface area contributed by atoms with Gasteiger partial charge in [-0.1, -0.05) is 36.4 Å². The highest BCUT2D eigenvalue weighted by atomic mass is 16.5. The van der Waals surface area contributed by atoms with Gasteiger partial charge in [0.1, 0.15) is 5.75 Å². The van der Waals surface area contributed by atoms with Crippen molar-refractivity contribution in [3.8, 4) is 11.6 Å². The van der Waals surface area contributed by atoms with E-state index in [2.05, 4.69) is 10.3 Å². The van der Waals surface area contributed by atoms with Crippen LogP contribution in [-0.4, -0.2) is 17.2 Å². The number of rotatable bonds is 4. The predicted octanol–water partition coefficient (Wildman–Crippen LogP) is 4.12. The minimum atomic E-state index is -0.0419. The molecule has 2 aromatic carbocycles. The molecule has 1 unspecified atom stereocenters. The molecule has 3 aromatic rings. The highest BCUT2D eigenvalue weighted by Crippen LogP contribution is 2.33. The number of hydrogen-bond acceptors (Lipinski definition) is 4. The first-order valence-electron chi connectivity index (χ1n) is 7.16. The largest absolute Gasteiger partial charge is 0.507 e. The predicted molar refractivity (Wildman–Crippen MR) is 88.4 cm³/mol. The smallest absolute Gasteiger partial charge is 0.213 e. The molecule has 2 N–H and O–H groups in total. The number of benzene rings is 2. The number of aromatic hydroxyl groups is 1. The molecule has 0 fully saturated rings. The van der Waals surface area contributed by atoms with Crippen molar-refractivity contribution in [1.82, 2.24) is 4.98 Å². The molecule has 0 amide bonds. The lowest BCUT2D eigenvalue weighted by atomic mass is 10.0. The van der Waals surface area contributed by atoms with Gasteiger partial charge in [0, 0.05) is 17.0 Å². The van der Waals surface area contributed by atoms with Crippen molar-refractivity contribution in [2.45, 2.75) is 13.0 Å². The second-order valence-corrected chi connectivity index (χ2v) is 5.18. The van der Waals surface area contributed by atoms with E-state index in [0.29, 0.717) is 11.6 Å². The summed E-state index contributed by atoms with van der Waals surface area (Å²) in [7, 11) is 1.59. The number of pyridine rings is 1. The summed E-state index contributed by atoms with van der Waals surface area (Å²) in [5.74, 6) is 0.895. The second kappa shape index (κ2) is 5.93. The molecule has 0 saturated heterocycles. The van der Waals surface area contributed by atoms with Crippen LogP contribution in [0.3, 0.4) is 0 Å². The van der Waals surface area contributed by atoms with Gasteiger partial charge in [-0.3, -0.25) is 0 Å². The van der Waals surface area contributed by atoms with E-state index in [4.69, 9.17) is 4.74 Å². The van der Waals surface area contributed by atoms with E-state index in [1.54, 1.807) is 19.4 Å². The van der Waals surface area contributed by atoms with Gasteiger partial charge in [-0.25, -0.2) is 4.98 Å². The number of fused-ring (bicyclic) bond motifs is 1. The van der Waals surface area contributed by atoms with Crippen LogP contribution < -0.4 is 10.1 Å². The van der Waals surface area contributed by atoms with Gasteiger partial charge >= 0.3 is 0 Å². The van der Waals surface area contributed by atoms with Crippen LogP contribution in [-0.2, 0) is 0 Å². The first kappa shape index (κ1) is 14.2. The number of anilines is 1. The Kier molecular flexibility index (Phi) is 3.83. The normalized spacial score (nSPS) is 12.1. The summed E-state index contributed by atoms with van der Waals surface area (Å²) in [6.45, 7) is 2.01. The number of nitrogens with zero attached hydrogens (tertiary/aromatic N) is 1. The van der Waals surface area contributed by atoms with E-state index in [1.807, 2.05) is 49.4 Å². The van der Waals surface area contributed by atoms with Gasteiger partial charge in [0.25, 0.3) is 0 Å². The highest BCUT2D eigenvalue weighted by molar-refractivity contribution is 5.89. The van der Waals surface area contributed by atoms with Crippen LogP contribution in [0.4, 0.5) is 5.69 Å². The van der Waals surface area contributed by atoms with Crippen molar-refractivity contribution in [3.05, 3.63) is 60.3 Å². The summed E-state index contributed by atoms with van der Waals surface area (Å²) < 4.78 is 5.05. The van der Waals surface area contributed by atoms with Crippen LogP contribution in [0.25, 0.3) is 10.8 Å². The van der Waals surface area contributed by atoms with Gasteiger partial charge < -0.3 is 15.2 Å². The molecule has 0 saturated carbocycles. The third-order valence-electron chi connectivity index (χ3n) is 3.73. The third kappa shape index (κ3) is 2.68. The lowest BCUT2D eigenvalue weighted by Gasteiger charge is -2.18. The average Bonchev–Trinajstić information content (AvgIpc) is 2.56. The molecule has 1 atom stereocenters. The summed E-state index contributed by atoms with van der Waals surface area (Å²) in [6, 6.07) is 15.4. The topological polar surface area (TPSA) is 54.4 Å². The van der Waals surface area contributed by atoms with Gasteiger partial charge in [-0.15, -0.1) is 0 Å². The quantitative estimate of drug-likeness (QED) is 0.760. The van der Waals surface area contributed by atoms with Gasteiger partial charge in [-0.2, -0.15) is 0 Å². The minimum absolute atomic E-state index is 0.0419. The fourth-order valence-corrected chi connectivity index (χ4v) is 2.54. The molecule has 0 aliphatic heterocycles. The Morgan fingerprint density at radius 1 is 1.09 bits per heavy atom. The van der Waals surface area contributed by atoms with Crippen molar-refractivity contribution in [2.24, 2.45) is 0 Å². The van der Waals surface area contributed by atoms with Crippen LogP contribution in [0.2, 0.25) is 0 Å². The van der Waals surface area contributed by atoms with Crippen molar-refractivity contribution >= 4 is 16.5 Å². The van der Waals surface area contributed by atoms with Crippen LogP contribution in [0.1, 0.15) is 18.5 Å². The Hall–Kier alpha value is -2.75. The monoisotopic (exact) mass is 294 g/mol. The fourth-order valence-electron chi connectivity index (χ4n) is 2.54. The van der Waals surface area contributed by atoms with Crippen molar-refractivity contribution < 1.29 is 9.84 Å². The molecule has 22 heavy (non-hydrogen) atoms. The lowest BCUT2D eigenvalue weighted by molar-refractivity contribution is 0.398. The Balaban J connectivity index is 1.88. The Bertz CT molecular complexity index is 785. The molecule has 0 spiro atoms. The van der Waals surface area contributed by atoms with Crippen LogP contribution in [0.5, 0.6) is 11.6 Å². The molecule has 1 heterocycles. The molecule has 4 nitrogen and oxygen atoms in total. The molecule has 0 aliphatic rings. The number of aromatic nitrogens is 1. The molecule has 0 bridgehead atoms. The maximum Gasteiger partial charge on any atom is 0.213 e.